The Morgan fingerprint density at radius 2 is 1.91 bits per heavy atom. The predicted molar refractivity (Wildman–Crippen MR) is 109 cm³/mol. The van der Waals surface area contributed by atoms with Gasteiger partial charge in [0.25, 0.3) is 5.91 Å². The molecule has 164 valence electrons. The number of aliphatic hydroxyl groups excluding tert-OH is 1. The number of carbonyl (C=O) groups is 1. The molecule has 3 aromatic rings. The molecule has 7 nitrogen and oxygen atoms in total. The second-order valence-electron chi connectivity index (χ2n) is 6.43. The fourth-order valence-corrected chi connectivity index (χ4v) is 2.71. The van der Waals surface area contributed by atoms with Crippen LogP contribution in [0.15, 0.2) is 54.9 Å². The number of ether oxygens (including phenoxy) is 1. The van der Waals surface area contributed by atoms with E-state index in [1.807, 2.05) is 0 Å². The molecule has 0 saturated carbocycles. The number of hydrogen-bond acceptors (Lipinski definition) is 6. The van der Waals surface area contributed by atoms with Gasteiger partial charge < -0.3 is 20.9 Å². The fraction of sp³-hybridized carbons (Fsp3) is 0.136. The Hall–Kier alpha value is -4.10. The lowest BCUT2D eigenvalue weighted by atomic mass is 10.1. The van der Waals surface area contributed by atoms with Gasteiger partial charge in [0.05, 0.1) is 23.8 Å². The maximum absolute atomic E-state index is 13.5. The summed E-state index contributed by atoms with van der Waals surface area (Å²) in [5, 5.41) is 12.2. The normalized spacial score (nSPS) is 11.4. The van der Waals surface area contributed by atoms with E-state index in [2.05, 4.69) is 31.9 Å². The van der Waals surface area contributed by atoms with Crippen LogP contribution in [0.2, 0.25) is 0 Å². The molecule has 0 spiro atoms. The molecule has 1 atom stereocenters. The summed E-state index contributed by atoms with van der Waals surface area (Å²) in [5.74, 6) is 4.00. The van der Waals surface area contributed by atoms with Gasteiger partial charge in [0, 0.05) is 18.0 Å². The number of nitrogens with two attached hydrogens (primary N) is 1. The third-order valence-corrected chi connectivity index (χ3v) is 4.21. The highest BCUT2D eigenvalue weighted by molar-refractivity contribution is 5.95. The van der Waals surface area contributed by atoms with E-state index in [-0.39, 0.29) is 22.8 Å². The quantitative estimate of drug-likeness (QED) is 0.507. The van der Waals surface area contributed by atoms with Crippen molar-refractivity contribution in [2.24, 2.45) is 0 Å². The molecule has 1 heterocycles. The van der Waals surface area contributed by atoms with E-state index in [0.29, 0.717) is 11.1 Å². The molecular weight excluding hydrogens is 425 g/mol. The van der Waals surface area contributed by atoms with E-state index < -0.39 is 31.0 Å². The number of nitrogen functional groups attached to an aromatic ring is 1. The number of benzene rings is 2. The second-order valence-corrected chi connectivity index (χ2v) is 6.43. The zero-order chi connectivity index (χ0) is 23.1. The maximum atomic E-state index is 13.5. The molecule has 0 radical (unpaired) electrons. The van der Waals surface area contributed by atoms with Crippen molar-refractivity contribution in [3.63, 3.8) is 0 Å². The number of halogens is 3. The van der Waals surface area contributed by atoms with Gasteiger partial charge in [-0.3, -0.25) is 4.79 Å². The van der Waals surface area contributed by atoms with Crippen LogP contribution in [0.1, 0.15) is 33.1 Å². The van der Waals surface area contributed by atoms with Gasteiger partial charge in [-0.1, -0.05) is 24.0 Å². The summed E-state index contributed by atoms with van der Waals surface area (Å²) in [6.07, 6.45) is 2.70. The summed E-state index contributed by atoms with van der Waals surface area (Å²) < 4.78 is 43.5. The summed E-state index contributed by atoms with van der Waals surface area (Å²) in [6.45, 7) is -3.58. The molecule has 0 saturated heterocycles. The minimum atomic E-state index is -3.10. The summed E-state index contributed by atoms with van der Waals surface area (Å²) >= 11 is 0. The fourth-order valence-electron chi connectivity index (χ4n) is 2.71. The van der Waals surface area contributed by atoms with Crippen molar-refractivity contribution >= 4 is 11.9 Å². The van der Waals surface area contributed by atoms with Gasteiger partial charge in [-0.2, -0.15) is 8.78 Å². The Kier molecular flexibility index (Phi) is 7.25. The molecule has 0 unspecified atom stereocenters. The monoisotopic (exact) mass is 442 g/mol. The molecule has 3 rings (SSSR count). The zero-order valence-electron chi connectivity index (χ0n) is 16.4. The number of anilines is 1. The number of amides is 1. The van der Waals surface area contributed by atoms with Crippen LogP contribution in [0, 0.1) is 17.7 Å². The number of nitrogens with zero attached hydrogens (tertiary/aromatic N) is 2. The molecule has 0 aliphatic heterocycles. The molecule has 0 fully saturated rings. The van der Waals surface area contributed by atoms with Crippen LogP contribution in [0.3, 0.4) is 0 Å². The molecule has 32 heavy (non-hydrogen) atoms. The third kappa shape index (κ3) is 5.96. The predicted octanol–water partition coefficient (Wildman–Crippen LogP) is 2.66. The summed E-state index contributed by atoms with van der Waals surface area (Å²) in [7, 11) is 0. The van der Waals surface area contributed by atoms with Gasteiger partial charge in [0.1, 0.15) is 11.6 Å². The van der Waals surface area contributed by atoms with Crippen molar-refractivity contribution in [3.05, 3.63) is 82.9 Å². The average molecular weight is 442 g/mol. The molecule has 2 aromatic carbocycles. The third-order valence-electron chi connectivity index (χ3n) is 4.21. The van der Waals surface area contributed by atoms with Crippen LogP contribution in [-0.4, -0.2) is 34.2 Å². The highest BCUT2D eigenvalue weighted by atomic mass is 19.3. The molecule has 1 amide bonds. The van der Waals surface area contributed by atoms with Gasteiger partial charge in [-0.25, -0.2) is 14.4 Å². The van der Waals surface area contributed by atoms with E-state index in [9.17, 15) is 23.1 Å². The largest absolute Gasteiger partial charge is 0.434 e. The van der Waals surface area contributed by atoms with Crippen molar-refractivity contribution in [2.75, 3.05) is 12.3 Å². The number of carbonyl (C=O) groups excluding carboxylic acids is 1. The highest BCUT2D eigenvalue weighted by Gasteiger charge is 2.17. The molecule has 0 aliphatic rings. The van der Waals surface area contributed by atoms with Crippen molar-refractivity contribution in [2.45, 2.75) is 12.7 Å². The molecule has 0 aliphatic carbocycles. The number of aromatic nitrogens is 2. The lowest BCUT2D eigenvalue weighted by Gasteiger charge is -2.17. The minimum absolute atomic E-state index is 0.0149. The van der Waals surface area contributed by atoms with Crippen LogP contribution in [0.5, 0.6) is 5.75 Å². The van der Waals surface area contributed by atoms with E-state index in [4.69, 9.17) is 5.73 Å². The summed E-state index contributed by atoms with van der Waals surface area (Å²) in [5.41, 5.74) is 6.22. The van der Waals surface area contributed by atoms with Crippen molar-refractivity contribution in [1.29, 1.82) is 0 Å². The van der Waals surface area contributed by atoms with E-state index >= 15 is 0 Å². The molecule has 4 N–H and O–H groups in total. The van der Waals surface area contributed by atoms with Crippen LogP contribution in [0.25, 0.3) is 0 Å². The number of nitrogens with one attached hydrogen (secondary N) is 1. The Morgan fingerprint density at radius 3 is 2.56 bits per heavy atom. The van der Waals surface area contributed by atoms with Gasteiger partial charge >= 0.3 is 6.61 Å². The van der Waals surface area contributed by atoms with Crippen molar-refractivity contribution in [3.8, 4) is 17.6 Å². The SMILES string of the molecule is Nc1ncc(C#Cc2cc(C(=O)N[C@H](CO)c3cccc(F)c3)ccc2OC(F)F)cn1. The van der Waals surface area contributed by atoms with Crippen molar-refractivity contribution in [1.82, 2.24) is 15.3 Å². The molecule has 10 heteroatoms. The lowest BCUT2D eigenvalue weighted by molar-refractivity contribution is -0.0500. The minimum Gasteiger partial charge on any atom is -0.434 e. The topological polar surface area (TPSA) is 110 Å². The lowest BCUT2D eigenvalue weighted by Crippen LogP contribution is -2.30. The summed E-state index contributed by atoms with van der Waals surface area (Å²) in [6, 6.07) is 8.26. The first kappa shape index (κ1) is 22.6. The molecule has 1 aromatic heterocycles. The number of rotatable bonds is 6. The number of aliphatic hydroxyl groups is 1. The Morgan fingerprint density at radius 1 is 1.16 bits per heavy atom. The number of alkyl halides is 2. The van der Waals surface area contributed by atoms with Gasteiger partial charge in [-0.05, 0) is 35.9 Å². The first-order chi connectivity index (χ1) is 15.4. The van der Waals surface area contributed by atoms with E-state index in [1.54, 1.807) is 6.07 Å². The van der Waals surface area contributed by atoms with E-state index in [1.165, 1.54) is 48.8 Å². The zero-order valence-corrected chi connectivity index (χ0v) is 16.4. The van der Waals surface area contributed by atoms with Crippen LogP contribution < -0.4 is 15.8 Å². The standard InChI is InChI=1S/C22H17F3N4O3/c23-17-3-1-2-14(9-17)18(12-30)29-20(31)16-6-7-19(32-21(24)25)15(8-16)5-4-13-10-27-22(26)28-11-13/h1-3,6-11,18,21,30H,12H2,(H,29,31)(H2,26,27,28)/t18-/m1/s1. The Balaban J connectivity index is 1.88. The van der Waals surface area contributed by atoms with Gasteiger partial charge in [0.15, 0.2) is 0 Å². The van der Waals surface area contributed by atoms with Gasteiger partial charge in [-0.15, -0.1) is 0 Å². The van der Waals surface area contributed by atoms with Crippen LogP contribution >= 0.6 is 0 Å². The van der Waals surface area contributed by atoms with Crippen molar-refractivity contribution < 1.29 is 27.8 Å². The van der Waals surface area contributed by atoms with Crippen LogP contribution in [-0.2, 0) is 0 Å². The first-order valence-corrected chi connectivity index (χ1v) is 9.21. The Bertz CT molecular complexity index is 1160. The first-order valence-electron chi connectivity index (χ1n) is 9.21. The smallest absolute Gasteiger partial charge is 0.387 e. The Labute approximate surface area is 181 Å². The van der Waals surface area contributed by atoms with Crippen LogP contribution in [0.4, 0.5) is 19.1 Å². The maximum Gasteiger partial charge on any atom is 0.387 e. The van der Waals surface area contributed by atoms with Gasteiger partial charge in [0.2, 0.25) is 5.95 Å². The van der Waals surface area contributed by atoms with E-state index in [0.717, 1.165) is 0 Å². The molecular formula is C22H17F3N4O3. The average Bonchev–Trinajstić information content (AvgIpc) is 2.77. The molecule has 0 bridgehead atoms. The second kappa shape index (κ2) is 10.3. The highest BCUT2D eigenvalue weighted by Crippen LogP contribution is 2.22. The summed E-state index contributed by atoms with van der Waals surface area (Å²) in [4.78, 5) is 20.2. The number of hydrogen-bond donors (Lipinski definition) is 3.